The van der Waals surface area contributed by atoms with Crippen LogP contribution in [0.15, 0.2) is 12.1 Å². The van der Waals surface area contributed by atoms with Gasteiger partial charge in [-0.3, -0.25) is 10.1 Å². The van der Waals surface area contributed by atoms with Gasteiger partial charge in [0.15, 0.2) is 0 Å². The number of carboxylic acid groups (broad SMARTS) is 1. The Morgan fingerprint density at radius 2 is 2.10 bits per heavy atom. The van der Waals surface area contributed by atoms with Crippen LogP contribution in [0.3, 0.4) is 0 Å². The summed E-state index contributed by atoms with van der Waals surface area (Å²) < 4.78 is 35.8. The van der Waals surface area contributed by atoms with Crippen LogP contribution in [0.1, 0.15) is 17.3 Å². The summed E-state index contributed by atoms with van der Waals surface area (Å²) in [7, 11) is -3.33. The van der Waals surface area contributed by atoms with Gasteiger partial charge in [0.2, 0.25) is 0 Å². The minimum Gasteiger partial charge on any atom is -0.478 e. The van der Waals surface area contributed by atoms with E-state index < -0.39 is 43.8 Å². The molecule has 2 N–H and O–H groups in total. The fourth-order valence-corrected chi connectivity index (χ4v) is 2.75. The summed E-state index contributed by atoms with van der Waals surface area (Å²) in [5, 5.41) is 22.1. The number of hydrogen-bond donors (Lipinski definition) is 2. The second-order valence-electron chi connectivity index (χ2n) is 4.55. The number of benzene rings is 1. The molecule has 21 heavy (non-hydrogen) atoms. The molecule has 1 rings (SSSR count). The lowest BCUT2D eigenvalue weighted by molar-refractivity contribution is -0.384. The first-order valence-corrected chi connectivity index (χ1v) is 7.73. The smallest absolute Gasteiger partial charge is 0.338 e. The molecule has 0 aliphatic rings. The van der Waals surface area contributed by atoms with Crippen LogP contribution < -0.4 is 5.32 Å². The molecule has 8 nitrogen and oxygen atoms in total. The molecule has 0 aliphatic heterocycles. The Hall–Kier alpha value is -2.23. The zero-order valence-corrected chi connectivity index (χ0v) is 12.0. The van der Waals surface area contributed by atoms with Crippen molar-refractivity contribution in [1.29, 1.82) is 0 Å². The van der Waals surface area contributed by atoms with E-state index in [1.165, 1.54) is 6.92 Å². The van der Waals surface area contributed by atoms with Crippen molar-refractivity contribution in [2.75, 3.05) is 17.3 Å². The Bertz CT molecular complexity index is 688. The number of nitrogens with zero attached hydrogens (tertiary/aromatic N) is 1. The van der Waals surface area contributed by atoms with Crippen LogP contribution >= 0.6 is 0 Å². The molecule has 0 radical (unpaired) electrons. The van der Waals surface area contributed by atoms with E-state index in [0.717, 1.165) is 6.26 Å². The van der Waals surface area contributed by atoms with Gasteiger partial charge in [-0.25, -0.2) is 17.6 Å². The van der Waals surface area contributed by atoms with Crippen LogP contribution in [-0.4, -0.2) is 42.5 Å². The number of anilines is 1. The van der Waals surface area contributed by atoms with E-state index in [1.54, 1.807) is 0 Å². The van der Waals surface area contributed by atoms with Gasteiger partial charge in [-0.05, 0) is 6.92 Å². The van der Waals surface area contributed by atoms with E-state index in [9.17, 15) is 27.7 Å². The maximum Gasteiger partial charge on any atom is 0.338 e. The number of halogens is 1. The zero-order valence-electron chi connectivity index (χ0n) is 11.2. The van der Waals surface area contributed by atoms with Gasteiger partial charge >= 0.3 is 5.97 Å². The number of nitro benzene ring substituents is 1. The van der Waals surface area contributed by atoms with Crippen LogP contribution in [0.5, 0.6) is 0 Å². The summed E-state index contributed by atoms with van der Waals surface area (Å²) >= 11 is 0. The Balaban J connectivity index is 3.20. The summed E-state index contributed by atoms with van der Waals surface area (Å²) in [6.45, 7) is 1.45. The van der Waals surface area contributed by atoms with Gasteiger partial charge in [0, 0.05) is 24.4 Å². The van der Waals surface area contributed by atoms with Crippen LogP contribution in [0, 0.1) is 15.9 Å². The number of carbonyl (C=O) groups is 1. The van der Waals surface area contributed by atoms with Gasteiger partial charge in [0.05, 0.1) is 10.7 Å². The van der Waals surface area contributed by atoms with Crippen molar-refractivity contribution in [3.63, 3.8) is 0 Å². The topological polar surface area (TPSA) is 127 Å². The molecule has 0 saturated heterocycles. The van der Waals surface area contributed by atoms with Crippen molar-refractivity contribution in [3.05, 3.63) is 33.6 Å². The largest absolute Gasteiger partial charge is 0.478 e. The van der Waals surface area contributed by atoms with Crippen LogP contribution in [0.25, 0.3) is 0 Å². The molecular weight excluding hydrogens is 307 g/mol. The first-order valence-electron chi connectivity index (χ1n) is 5.66. The first kappa shape index (κ1) is 16.8. The standard InChI is InChI=1S/C11H13FN2O6S/c1-6(5-21(2,19)20)13-9-4-8(12)7(11(15)16)3-10(9)14(17)18/h3-4,6,13H,5H2,1-2H3,(H,15,16). The quantitative estimate of drug-likeness (QED) is 0.597. The summed E-state index contributed by atoms with van der Waals surface area (Å²) in [4.78, 5) is 20.8. The molecule has 0 saturated carbocycles. The van der Waals surface area contributed by atoms with E-state index >= 15 is 0 Å². The normalized spacial score (nSPS) is 12.7. The van der Waals surface area contributed by atoms with E-state index in [2.05, 4.69) is 5.32 Å². The maximum atomic E-state index is 13.6. The molecule has 1 aromatic rings. The predicted octanol–water partition coefficient (Wildman–Crippen LogP) is 1.28. The average molecular weight is 320 g/mol. The maximum absolute atomic E-state index is 13.6. The molecule has 0 bridgehead atoms. The van der Waals surface area contributed by atoms with Gasteiger partial charge in [-0.15, -0.1) is 0 Å². The molecule has 10 heteroatoms. The molecule has 0 spiro atoms. The molecule has 1 aromatic carbocycles. The first-order chi connectivity index (χ1) is 9.51. The van der Waals surface area contributed by atoms with E-state index in [-0.39, 0.29) is 11.4 Å². The number of nitrogens with one attached hydrogen (secondary N) is 1. The number of sulfone groups is 1. The molecule has 1 atom stereocenters. The summed E-state index contributed by atoms with van der Waals surface area (Å²) in [6, 6.07) is 0.543. The molecule has 1 unspecified atom stereocenters. The summed E-state index contributed by atoms with van der Waals surface area (Å²) in [5.41, 5.74) is -1.75. The SMILES string of the molecule is CC(CS(C)(=O)=O)Nc1cc(F)c(C(=O)O)cc1[N+](=O)[O-]. The molecule has 0 heterocycles. The molecule has 0 fully saturated rings. The molecule has 116 valence electrons. The Morgan fingerprint density at radius 1 is 1.52 bits per heavy atom. The highest BCUT2D eigenvalue weighted by Gasteiger charge is 2.23. The fourth-order valence-electron chi connectivity index (χ4n) is 1.75. The van der Waals surface area contributed by atoms with Crippen molar-refractivity contribution in [3.8, 4) is 0 Å². The van der Waals surface area contributed by atoms with Gasteiger partial charge < -0.3 is 10.4 Å². The van der Waals surface area contributed by atoms with E-state index in [1.807, 2.05) is 0 Å². The van der Waals surface area contributed by atoms with Crippen molar-refractivity contribution in [2.45, 2.75) is 13.0 Å². The summed E-state index contributed by atoms with van der Waals surface area (Å²) in [6.07, 6.45) is 0.994. The van der Waals surface area contributed by atoms with Crippen molar-refractivity contribution < 1.29 is 27.6 Å². The molecule has 0 amide bonds. The van der Waals surface area contributed by atoms with Crippen molar-refractivity contribution in [2.24, 2.45) is 0 Å². The third-order valence-electron chi connectivity index (χ3n) is 2.47. The number of carboxylic acids is 1. The minimum atomic E-state index is -3.33. The number of hydrogen-bond acceptors (Lipinski definition) is 6. The highest BCUT2D eigenvalue weighted by molar-refractivity contribution is 7.90. The molecule has 0 aromatic heterocycles. The lowest BCUT2D eigenvalue weighted by Gasteiger charge is -2.14. The second kappa shape index (κ2) is 6.04. The van der Waals surface area contributed by atoms with Crippen LogP contribution in [0.2, 0.25) is 0 Å². The van der Waals surface area contributed by atoms with Gasteiger partial charge in [0.1, 0.15) is 26.9 Å². The Labute approximate surface area is 119 Å². The monoisotopic (exact) mass is 320 g/mol. The number of nitro groups is 1. The van der Waals surface area contributed by atoms with Gasteiger partial charge in [0.25, 0.3) is 5.69 Å². The Kier molecular flexibility index (Phi) is 4.84. The highest BCUT2D eigenvalue weighted by Crippen LogP contribution is 2.28. The predicted molar refractivity (Wildman–Crippen MR) is 72.8 cm³/mol. The van der Waals surface area contributed by atoms with Crippen molar-refractivity contribution >= 4 is 27.2 Å². The van der Waals surface area contributed by atoms with E-state index in [0.29, 0.717) is 12.1 Å². The minimum absolute atomic E-state index is 0.279. The third-order valence-corrected chi connectivity index (χ3v) is 3.57. The van der Waals surface area contributed by atoms with E-state index in [4.69, 9.17) is 5.11 Å². The zero-order chi connectivity index (χ0) is 16.4. The second-order valence-corrected chi connectivity index (χ2v) is 6.73. The lowest BCUT2D eigenvalue weighted by Crippen LogP contribution is -2.25. The van der Waals surface area contributed by atoms with Gasteiger partial charge in [-0.1, -0.05) is 0 Å². The third kappa shape index (κ3) is 4.67. The molecular formula is C11H13FN2O6S. The van der Waals surface area contributed by atoms with Crippen LogP contribution in [0.4, 0.5) is 15.8 Å². The van der Waals surface area contributed by atoms with Crippen molar-refractivity contribution in [1.82, 2.24) is 0 Å². The number of aromatic carboxylic acids is 1. The number of rotatable bonds is 6. The Morgan fingerprint density at radius 3 is 2.52 bits per heavy atom. The molecule has 0 aliphatic carbocycles. The highest BCUT2D eigenvalue weighted by atomic mass is 32.2. The average Bonchev–Trinajstić information content (AvgIpc) is 2.24. The van der Waals surface area contributed by atoms with Crippen LogP contribution in [-0.2, 0) is 9.84 Å². The lowest BCUT2D eigenvalue weighted by atomic mass is 10.1. The summed E-state index contributed by atoms with van der Waals surface area (Å²) in [5.74, 6) is -3.10. The van der Waals surface area contributed by atoms with Gasteiger partial charge in [-0.2, -0.15) is 0 Å². The fraction of sp³-hybridized carbons (Fsp3) is 0.364.